The molecule has 1 nitrogen and oxygen atoms in total. The van der Waals surface area contributed by atoms with E-state index in [0.717, 1.165) is 18.3 Å². The Morgan fingerprint density at radius 3 is 2.36 bits per heavy atom. The molecule has 1 aliphatic carbocycles. The highest BCUT2D eigenvalue weighted by Crippen LogP contribution is 2.35. The molecule has 2 atom stereocenters. The summed E-state index contributed by atoms with van der Waals surface area (Å²) in [6.07, 6.45) is 4.99. The Balaban J connectivity index is 2.29. The molecule has 1 heteroatoms. The summed E-state index contributed by atoms with van der Waals surface area (Å²) in [5.41, 5.74) is -0.450. The number of hydrogen-bond donors (Lipinski definition) is 1. The SMILES string of the molecule is C[C@H]1CC[C@@H](CC(C)(C)O)C1. The van der Waals surface area contributed by atoms with Gasteiger partial charge in [0.15, 0.2) is 0 Å². The zero-order valence-electron chi connectivity index (χ0n) is 7.93. The van der Waals surface area contributed by atoms with Gasteiger partial charge in [-0.15, -0.1) is 0 Å². The Labute approximate surface area is 69.8 Å². The molecule has 0 aromatic carbocycles. The van der Waals surface area contributed by atoms with E-state index in [1.807, 2.05) is 13.8 Å². The molecule has 0 amide bonds. The van der Waals surface area contributed by atoms with E-state index in [1.165, 1.54) is 19.3 Å². The third kappa shape index (κ3) is 3.24. The number of rotatable bonds is 2. The van der Waals surface area contributed by atoms with E-state index < -0.39 is 5.60 Å². The van der Waals surface area contributed by atoms with Crippen LogP contribution in [0.25, 0.3) is 0 Å². The van der Waals surface area contributed by atoms with E-state index in [9.17, 15) is 5.11 Å². The van der Waals surface area contributed by atoms with Crippen molar-refractivity contribution < 1.29 is 5.11 Å². The van der Waals surface area contributed by atoms with Crippen molar-refractivity contribution in [1.82, 2.24) is 0 Å². The zero-order valence-corrected chi connectivity index (χ0v) is 7.93. The van der Waals surface area contributed by atoms with Crippen molar-refractivity contribution in [2.24, 2.45) is 11.8 Å². The normalized spacial score (nSPS) is 32.7. The highest BCUT2D eigenvalue weighted by atomic mass is 16.3. The lowest BCUT2D eigenvalue weighted by molar-refractivity contribution is 0.0530. The van der Waals surface area contributed by atoms with Crippen molar-refractivity contribution in [1.29, 1.82) is 0 Å². The Morgan fingerprint density at radius 2 is 2.00 bits per heavy atom. The topological polar surface area (TPSA) is 20.2 Å². The fourth-order valence-electron chi connectivity index (χ4n) is 2.22. The summed E-state index contributed by atoms with van der Waals surface area (Å²) in [6, 6.07) is 0. The monoisotopic (exact) mass is 156 g/mol. The lowest BCUT2D eigenvalue weighted by Gasteiger charge is -2.21. The summed E-state index contributed by atoms with van der Waals surface area (Å²) in [5, 5.41) is 9.56. The van der Waals surface area contributed by atoms with Gasteiger partial charge in [0.25, 0.3) is 0 Å². The van der Waals surface area contributed by atoms with Crippen LogP contribution in [-0.2, 0) is 0 Å². The standard InChI is InChI=1S/C10H20O/c1-8-4-5-9(6-8)7-10(2,3)11/h8-9,11H,4-7H2,1-3H3/t8-,9+/m0/s1. The van der Waals surface area contributed by atoms with Crippen molar-refractivity contribution in [3.05, 3.63) is 0 Å². The van der Waals surface area contributed by atoms with E-state index in [2.05, 4.69) is 6.92 Å². The van der Waals surface area contributed by atoms with Crippen molar-refractivity contribution in [3.63, 3.8) is 0 Å². The van der Waals surface area contributed by atoms with Crippen molar-refractivity contribution in [2.75, 3.05) is 0 Å². The molecule has 1 rings (SSSR count). The van der Waals surface area contributed by atoms with Gasteiger partial charge in [-0.3, -0.25) is 0 Å². The van der Waals surface area contributed by atoms with Crippen LogP contribution in [0, 0.1) is 11.8 Å². The van der Waals surface area contributed by atoms with Gasteiger partial charge < -0.3 is 5.11 Å². The van der Waals surface area contributed by atoms with Crippen LogP contribution < -0.4 is 0 Å². The second-order valence-corrected chi connectivity index (χ2v) is 4.80. The van der Waals surface area contributed by atoms with Crippen molar-refractivity contribution in [3.8, 4) is 0 Å². The first-order chi connectivity index (χ1) is 4.97. The summed E-state index contributed by atoms with van der Waals surface area (Å²) < 4.78 is 0. The Kier molecular flexibility index (Phi) is 2.58. The van der Waals surface area contributed by atoms with E-state index in [4.69, 9.17) is 0 Å². The molecule has 0 aromatic rings. The van der Waals surface area contributed by atoms with Gasteiger partial charge in [0.05, 0.1) is 5.60 Å². The third-order valence-corrected chi connectivity index (χ3v) is 2.59. The van der Waals surface area contributed by atoms with Gasteiger partial charge in [-0.2, -0.15) is 0 Å². The van der Waals surface area contributed by atoms with Gasteiger partial charge in [-0.05, 0) is 38.5 Å². The molecular formula is C10H20O. The molecule has 0 spiro atoms. The van der Waals surface area contributed by atoms with Crippen LogP contribution in [0.3, 0.4) is 0 Å². The fourth-order valence-corrected chi connectivity index (χ4v) is 2.22. The molecule has 0 aromatic heterocycles. The minimum Gasteiger partial charge on any atom is -0.390 e. The van der Waals surface area contributed by atoms with Crippen molar-refractivity contribution in [2.45, 2.75) is 52.1 Å². The van der Waals surface area contributed by atoms with Gasteiger partial charge in [-0.25, -0.2) is 0 Å². The Hall–Kier alpha value is -0.0400. The molecule has 1 fully saturated rings. The van der Waals surface area contributed by atoms with E-state index >= 15 is 0 Å². The van der Waals surface area contributed by atoms with E-state index in [0.29, 0.717) is 0 Å². The van der Waals surface area contributed by atoms with Crippen LogP contribution in [0.1, 0.15) is 46.5 Å². The third-order valence-electron chi connectivity index (χ3n) is 2.59. The molecule has 0 radical (unpaired) electrons. The second-order valence-electron chi connectivity index (χ2n) is 4.80. The summed E-state index contributed by atoms with van der Waals surface area (Å²) in [7, 11) is 0. The predicted octanol–water partition coefficient (Wildman–Crippen LogP) is 2.58. The average Bonchev–Trinajstić information content (AvgIpc) is 2.10. The maximum absolute atomic E-state index is 9.56. The molecule has 0 aliphatic heterocycles. The lowest BCUT2D eigenvalue weighted by atomic mass is 9.92. The maximum Gasteiger partial charge on any atom is 0.0594 e. The molecule has 11 heavy (non-hydrogen) atoms. The zero-order chi connectivity index (χ0) is 8.48. The van der Waals surface area contributed by atoms with E-state index in [1.54, 1.807) is 0 Å². The summed E-state index contributed by atoms with van der Waals surface area (Å²) in [4.78, 5) is 0. The first kappa shape index (κ1) is 9.05. The van der Waals surface area contributed by atoms with Crippen LogP contribution in [0.4, 0.5) is 0 Å². The van der Waals surface area contributed by atoms with Crippen LogP contribution in [-0.4, -0.2) is 10.7 Å². The largest absolute Gasteiger partial charge is 0.390 e. The number of hydrogen-bond acceptors (Lipinski definition) is 1. The summed E-state index contributed by atoms with van der Waals surface area (Å²) >= 11 is 0. The molecule has 0 unspecified atom stereocenters. The van der Waals surface area contributed by atoms with Crippen LogP contribution in [0.15, 0.2) is 0 Å². The Bertz CT molecular complexity index is 123. The van der Waals surface area contributed by atoms with Gasteiger partial charge in [0.1, 0.15) is 0 Å². The van der Waals surface area contributed by atoms with Crippen molar-refractivity contribution >= 4 is 0 Å². The smallest absolute Gasteiger partial charge is 0.0594 e. The minimum atomic E-state index is -0.450. The van der Waals surface area contributed by atoms with Crippen LogP contribution in [0.2, 0.25) is 0 Å². The average molecular weight is 156 g/mol. The molecule has 66 valence electrons. The highest BCUT2D eigenvalue weighted by molar-refractivity contribution is 4.78. The molecule has 0 heterocycles. The summed E-state index contributed by atoms with van der Waals surface area (Å²) in [6.45, 7) is 6.14. The van der Waals surface area contributed by atoms with Gasteiger partial charge in [0, 0.05) is 0 Å². The molecule has 1 aliphatic rings. The minimum absolute atomic E-state index is 0.450. The first-order valence-electron chi connectivity index (χ1n) is 4.70. The highest BCUT2D eigenvalue weighted by Gasteiger charge is 2.26. The van der Waals surface area contributed by atoms with Crippen LogP contribution >= 0.6 is 0 Å². The molecule has 1 saturated carbocycles. The lowest BCUT2D eigenvalue weighted by Crippen LogP contribution is -2.22. The number of aliphatic hydroxyl groups is 1. The first-order valence-corrected chi connectivity index (χ1v) is 4.70. The molecule has 0 saturated heterocycles. The summed E-state index contributed by atoms with van der Waals surface area (Å²) in [5.74, 6) is 1.67. The van der Waals surface area contributed by atoms with Crippen LogP contribution in [0.5, 0.6) is 0 Å². The predicted molar refractivity (Wildman–Crippen MR) is 47.4 cm³/mol. The van der Waals surface area contributed by atoms with Gasteiger partial charge >= 0.3 is 0 Å². The molecule has 0 bridgehead atoms. The Morgan fingerprint density at radius 1 is 1.36 bits per heavy atom. The molecule has 1 N–H and O–H groups in total. The van der Waals surface area contributed by atoms with Gasteiger partial charge in [-0.1, -0.05) is 19.8 Å². The van der Waals surface area contributed by atoms with E-state index in [-0.39, 0.29) is 0 Å². The second kappa shape index (κ2) is 3.14. The van der Waals surface area contributed by atoms with Gasteiger partial charge in [0.2, 0.25) is 0 Å². The quantitative estimate of drug-likeness (QED) is 0.651. The fraction of sp³-hybridized carbons (Fsp3) is 1.00. The molecular weight excluding hydrogens is 136 g/mol. The maximum atomic E-state index is 9.56.